The minimum atomic E-state index is 0.376. The lowest BCUT2D eigenvalue weighted by Gasteiger charge is -2.25. The third-order valence-electron chi connectivity index (χ3n) is 3.57. The predicted molar refractivity (Wildman–Crippen MR) is 69.9 cm³/mol. The summed E-state index contributed by atoms with van der Waals surface area (Å²) >= 11 is 0. The first kappa shape index (κ1) is 10.3. The number of hydrogen-bond donors (Lipinski definition) is 1. The Morgan fingerprint density at radius 3 is 2.88 bits per heavy atom. The summed E-state index contributed by atoms with van der Waals surface area (Å²) in [4.78, 5) is 4.56. The van der Waals surface area contributed by atoms with Gasteiger partial charge in [0.05, 0.1) is 5.69 Å². The van der Waals surface area contributed by atoms with Crippen LogP contribution < -0.4 is 5.73 Å². The summed E-state index contributed by atoms with van der Waals surface area (Å²) in [6.45, 7) is 0. The largest absolute Gasteiger partial charge is 0.398 e. The molecule has 0 saturated carbocycles. The van der Waals surface area contributed by atoms with Gasteiger partial charge in [0.2, 0.25) is 0 Å². The number of benzene rings is 1. The van der Waals surface area contributed by atoms with Crippen LogP contribution in [0.15, 0.2) is 42.6 Å². The summed E-state index contributed by atoms with van der Waals surface area (Å²) in [6.07, 6.45) is 5.40. The van der Waals surface area contributed by atoms with E-state index < -0.39 is 0 Å². The van der Waals surface area contributed by atoms with Crippen molar-refractivity contribution in [2.24, 2.45) is 0 Å². The number of para-hydroxylation sites is 1. The molecule has 1 aromatic heterocycles. The molecule has 0 amide bonds. The van der Waals surface area contributed by atoms with Crippen LogP contribution in [0.5, 0.6) is 0 Å². The van der Waals surface area contributed by atoms with E-state index in [1.54, 1.807) is 0 Å². The van der Waals surface area contributed by atoms with Gasteiger partial charge in [0.25, 0.3) is 0 Å². The summed E-state index contributed by atoms with van der Waals surface area (Å²) in [6, 6.07) is 12.4. The van der Waals surface area contributed by atoms with E-state index in [1.165, 1.54) is 23.2 Å². The van der Waals surface area contributed by atoms with Crippen LogP contribution >= 0.6 is 0 Å². The summed E-state index contributed by atoms with van der Waals surface area (Å²) < 4.78 is 0. The molecule has 0 radical (unpaired) electrons. The van der Waals surface area contributed by atoms with E-state index >= 15 is 0 Å². The van der Waals surface area contributed by atoms with Crippen molar-refractivity contribution in [1.29, 1.82) is 0 Å². The molecule has 1 aliphatic carbocycles. The van der Waals surface area contributed by atoms with Crippen molar-refractivity contribution < 1.29 is 0 Å². The minimum absolute atomic E-state index is 0.376. The molecule has 0 aliphatic heterocycles. The second-order valence-corrected chi connectivity index (χ2v) is 4.62. The van der Waals surface area contributed by atoms with Gasteiger partial charge in [0, 0.05) is 17.8 Å². The second-order valence-electron chi connectivity index (χ2n) is 4.62. The van der Waals surface area contributed by atoms with E-state index in [2.05, 4.69) is 23.2 Å². The van der Waals surface area contributed by atoms with Crippen molar-refractivity contribution in [2.75, 3.05) is 5.73 Å². The zero-order chi connectivity index (χ0) is 11.7. The van der Waals surface area contributed by atoms with Crippen molar-refractivity contribution in [3.05, 3.63) is 59.4 Å². The van der Waals surface area contributed by atoms with E-state index in [4.69, 9.17) is 5.73 Å². The van der Waals surface area contributed by atoms with Crippen molar-refractivity contribution in [3.63, 3.8) is 0 Å². The Morgan fingerprint density at radius 1 is 1.12 bits per heavy atom. The molecule has 0 bridgehead atoms. The number of nitrogens with two attached hydrogens (primary N) is 1. The van der Waals surface area contributed by atoms with E-state index in [-0.39, 0.29) is 0 Å². The SMILES string of the molecule is Nc1ccccc1C1CCCc2cccnc21. The molecule has 2 N–H and O–H groups in total. The van der Waals surface area contributed by atoms with Crippen LogP contribution in [-0.4, -0.2) is 4.98 Å². The summed E-state index contributed by atoms with van der Waals surface area (Å²) in [5.41, 5.74) is 10.8. The smallest absolute Gasteiger partial charge is 0.0511 e. The first-order valence-corrected chi connectivity index (χ1v) is 6.14. The maximum atomic E-state index is 6.08. The van der Waals surface area contributed by atoms with Gasteiger partial charge in [-0.05, 0) is 42.5 Å². The summed E-state index contributed by atoms with van der Waals surface area (Å²) in [7, 11) is 0. The maximum absolute atomic E-state index is 6.08. The first-order chi connectivity index (χ1) is 8.36. The highest BCUT2D eigenvalue weighted by molar-refractivity contribution is 5.52. The highest BCUT2D eigenvalue weighted by Gasteiger charge is 2.23. The van der Waals surface area contributed by atoms with E-state index in [1.807, 2.05) is 24.4 Å². The van der Waals surface area contributed by atoms with Crippen LogP contribution in [0.3, 0.4) is 0 Å². The molecular formula is C15H16N2. The molecule has 2 aromatic rings. The Balaban J connectivity index is 2.09. The standard InChI is InChI=1S/C15H16N2/c16-14-9-2-1-7-12(14)13-8-3-5-11-6-4-10-17-15(11)13/h1-2,4,6-7,9-10,13H,3,5,8,16H2. The van der Waals surface area contributed by atoms with Gasteiger partial charge in [0.1, 0.15) is 0 Å². The molecular weight excluding hydrogens is 208 g/mol. The number of aromatic nitrogens is 1. The molecule has 0 spiro atoms. The molecule has 86 valence electrons. The molecule has 1 unspecified atom stereocenters. The fourth-order valence-corrected chi connectivity index (χ4v) is 2.74. The quantitative estimate of drug-likeness (QED) is 0.756. The molecule has 1 heterocycles. The van der Waals surface area contributed by atoms with Gasteiger partial charge in [-0.15, -0.1) is 0 Å². The fourth-order valence-electron chi connectivity index (χ4n) is 2.74. The van der Waals surface area contributed by atoms with Crippen molar-refractivity contribution >= 4 is 5.69 Å². The third kappa shape index (κ3) is 1.80. The minimum Gasteiger partial charge on any atom is -0.398 e. The zero-order valence-corrected chi connectivity index (χ0v) is 9.76. The molecule has 0 fully saturated rings. The average Bonchev–Trinajstić information content (AvgIpc) is 2.39. The Bertz CT molecular complexity index is 534. The number of nitrogen functional groups attached to an aromatic ring is 1. The van der Waals surface area contributed by atoms with Crippen LogP contribution in [0.25, 0.3) is 0 Å². The maximum Gasteiger partial charge on any atom is 0.0511 e. The van der Waals surface area contributed by atoms with Crippen LogP contribution in [0, 0.1) is 0 Å². The van der Waals surface area contributed by atoms with Crippen LogP contribution in [0.4, 0.5) is 5.69 Å². The van der Waals surface area contributed by atoms with Crippen LogP contribution in [-0.2, 0) is 6.42 Å². The van der Waals surface area contributed by atoms with Crippen molar-refractivity contribution in [3.8, 4) is 0 Å². The lowest BCUT2D eigenvalue weighted by Crippen LogP contribution is -2.14. The van der Waals surface area contributed by atoms with E-state index in [0.717, 1.165) is 18.5 Å². The Labute approximate surface area is 102 Å². The molecule has 1 atom stereocenters. The van der Waals surface area contributed by atoms with Crippen LogP contribution in [0.1, 0.15) is 35.6 Å². The molecule has 2 nitrogen and oxygen atoms in total. The highest BCUT2D eigenvalue weighted by Crippen LogP contribution is 2.37. The predicted octanol–water partition coefficient (Wildman–Crippen LogP) is 3.13. The second kappa shape index (κ2) is 4.21. The number of nitrogens with zero attached hydrogens (tertiary/aromatic N) is 1. The average molecular weight is 224 g/mol. The monoisotopic (exact) mass is 224 g/mol. The molecule has 1 aliphatic rings. The molecule has 1 aromatic carbocycles. The first-order valence-electron chi connectivity index (χ1n) is 6.14. The molecule has 2 heteroatoms. The van der Waals surface area contributed by atoms with E-state index in [9.17, 15) is 0 Å². The van der Waals surface area contributed by atoms with Gasteiger partial charge < -0.3 is 5.73 Å². The van der Waals surface area contributed by atoms with Gasteiger partial charge in [-0.3, -0.25) is 4.98 Å². The number of anilines is 1. The number of aryl methyl sites for hydroxylation is 1. The molecule has 17 heavy (non-hydrogen) atoms. The van der Waals surface area contributed by atoms with Gasteiger partial charge in [-0.2, -0.15) is 0 Å². The fraction of sp³-hybridized carbons (Fsp3) is 0.267. The van der Waals surface area contributed by atoms with Crippen molar-refractivity contribution in [2.45, 2.75) is 25.2 Å². The van der Waals surface area contributed by atoms with Gasteiger partial charge in [-0.1, -0.05) is 24.3 Å². The van der Waals surface area contributed by atoms with Gasteiger partial charge in [0.15, 0.2) is 0 Å². The molecule has 3 rings (SSSR count). The number of hydrogen-bond acceptors (Lipinski definition) is 2. The lowest BCUT2D eigenvalue weighted by molar-refractivity contribution is 0.600. The van der Waals surface area contributed by atoms with Crippen molar-refractivity contribution in [1.82, 2.24) is 4.98 Å². The van der Waals surface area contributed by atoms with Crippen LogP contribution in [0.2, 0.25) is 0 Å². The van der Waals surface area contributed by atoms with Gasteiger partial charge in [-0.25, -0.2) is 0 Å². The summed E-state index contributed by atoms with van der Waals surface area (Å²) in [5.74, 6) is 0.376. The number of fused-ring (bicyclic) bond motifs is 1. The topological polar surface area (TPSA) is 38.9 Å². The third-order valence-corrected chi connectivity index (χ3v) is 3.57. The number of pyridine rings is 1. The Kier molecular flexibility index (Phi) is 2.56. The lowest BCUT2D eigenvalue weighted by atomic mass is 9.81. The summed E-state index contributed by atoms with van der Waals surface area (Å²) in [5, 5.41) is 0. The van der Waals surface area contributed by atoms with E-state index in [0.29, 0.717) is 5.92 Å². The highest BCUT2D eigenvalue weighted by atomic mass is 14.7. The number of rotatable bonds is 1. The Hall–Kier alpha value is -1.83. The zero-order valence-electron chi connectivity index (χ0n) is 9.76. The normalized spacial score (nSPS) is 18.7. The molecule has 0 saturated heterocycles. The Morgan fingerprint density at radius 2 is 2.00 bits per heavy atom. The van der Waals surface area contributed by atoms with Gasteiger partial charge >= 0.3 is 0 Å².